The first-order valence-corrected chi connectivity index (χ1v) is 11.6. The van der Waals surface area contributed by atoms with Crippen LogP contribution in [0, 0.1) is 0 Å². The Morgan fingerprint density at radius 3 is 2.59 bits per heavy atom. The first-order valence-electron chi connectivity index (χ1n) is 10.7. The summed E-state index contributed by atoms with van der Waals surface area (Å²) >= 11 is 1.44. The van der Waals surface area contributed by atoms with Crippen LogP contribution in [0.3, 0.4) is 0 Å². The van der Waals surface area contributed by atoms with Gasteiger partial charge in [-0.3, -0.25) is 9.59 Å². The summed E-state index contributed by atoms with van der Waals surface area (Å²) < 4.78 is 52.3. The van der Waals surface area contributed by atoms with E-state index in [-0.39, 0.29) is 18.2 Å². The van der Waals surface area contributed by atoms with E-state index < -0.39 is 29.8 Å². The van der Waals surface area contributed by atoms with Crippen LogP contribution >= 0.6 is 11.3 Å². The second-order valence-corrected chi connectivity index (χ2v) is 9.14. The smallest absolute Gasteiger partial charge is 0.421 e. The van der Waals surface area contributed by atoms with Crippen molar-refractivity contribution in [3.05, 3.63) is 68.3 Å². The number of alkyl halides is 3. The van der Waals surface area contributed by atoms with E-state index >= 15 is 0 Å². The highest BCUT2D eigenvalue weighted by Gasteiger charge is 2.38. The van der Waals surface area contributed by atoms with Gasteiger partial charge in [0.15, 0.2) is 11.5 Å². The summed E-state index contributed by atoms with van der Waals surface area (Å²) in [7, 11) is 0. The third-order valence-electron chi connectivity index (χ3n) is 5.61. The lowest BCUT2D eigenvalue weighted by Gasteiger charge is -2.25. The summed E-state index contributed by atoms with van der Waals surface area (Å²) in [4.78, 5) is 28.3. The Hall–Kier alpha value is -3.34. The molecule has 0 radical (unpaired) electrons. The van der Waals surface area contributed by atoms with Gasteiger partial charge in [0.25, 0.3) is 5.56 Å². The summed E-state index contributed by atoms with van der Waals surface area (Å²) in [6, 6.07) is 9.51. The Bertz CT molecular complexity index is 1270. The van der Waals surface area contributed by atoms with Crippen LogP contribution < -0.4 is 19.9 Å². The summed E-state index contributed by atoms with van der Waals surface area (Å²) in [5.41, 5.74) is -1.97. The highest BCUT2D eigenvalue weighted by atomic mass is 32.1. The minimum absolute atomic E-state index is 0.122. The molecule has 0 unspecified atom stereocenters. The molecule has 0 bridgehead atoms. The normalized spacial score (nSPS) is 15.3. The van der Waals surface area contributed by atoms with Crippen molar-refractivity contribution in [2.45, 2.75) is 38.0 Å². The molecule has 178 valence electrons. The quantitative estimate of drug-likeness (QED) is 0.517. The number of ether oxygens (including phenoxy) is 2. The number of amides is 1. The molecule has 1 aliphatic carbocycles. The van der Waals surface area contributed by atoms with E-state index in [1.165, 1.54) is 16.2 Å². The van der Waals surface area contributed by atoms with Gasteiger partial charge in [-0.2, -0.15) is 18.3 Å². The molecule has 34 heavy (non-hydrogen) atoms. The molecule has 0 spiro atoms. The SMILES string of the molecule is O=C(Cn1nc(C2CC2)cc(C(F)(F)F)c1=O)N(Cc1cccs1)c1ccc2c(c1)OCCO2. The Labute approximate surface area is 196 Å². The highest BCUT2D eigenvalue weighted by Crippen LogP contribution is 2.40. The summed E-state index contributed by atoms with van der Waals surface area (Å²) in [5, 5.41) is 5.97. The maximum absolute atomic E-state index is 13.5. The number of carbonyl (C=O) groups is 1. The van der Waals surface area contributed by atoms with Gasteiger partial charge in [0.1, 0.15) is 25.3 Å². The molecule has 0 N–H and O–H groups in total. The second kappa shape index (κ2) is 8.79. The van der Waals surface area contributed by atoms with Gasteiger partial charge in [0.05, 0.1) is 12.2 Å². The molecular formula is C23H20F3N3O4S. The predicted molar refractivity (Wildman–Crippen MR) is 118 cm³/mol. The summed E-state index contributed by atoms with van der Waals surface area (Å²) in [5.74, 6) is 0.324. The summed E-state index contributed by atoms with van der Waals surface area (Å²) in [6.45, 7) is 0.335. The van der Waals surface area contributed by atoms with Crippen LogP contribution in [0.2, 0.25) is 0 Å². The molecule has 5 rings (SSSR count). The van der Waals surface area contributed by atoms with E-state index in [0.29, 0.717) is 47.9 Å². The number of thiophene rings is 1. The van der Waals surface area contributed by atoms with E-state index in [1.807, 2.05) is 17.5 Å². The van der Waals surface area contributed by atoms with Crippen LogP contribution in [-0.2, 0) is 24.1 Å². The molecule has 3 heterocycles. The standard InChI is InChI=1S/C23H20F3N3O4S/c24-23(25,26)17-11-18(14-3-4-14)27-29(22(17)31)13-21(30)28(12-16-2-1-9-34-16)15-5-6-19-20(10-15)33-8-7-32-19/h1-2,5-6,9-11,14H,3-4,7-8,12-13H2. The molecule has 0 atom stereocenters. The molecule has 7 nitrogen and oxygen atoms in total. The predicted octanol–water partition coefficient (Wildman–Crippen LogP) is 4.21. The zero-order valence-corrected chi connectivity index (χ0v) is 18.7. The van der Waals surface area contributed by atoms with Crippen LogP contribution in [0.1, 0.15) is 34.9 Å². The second-order valence-electron chi connectivity index (χ2n) is 8.10. The fourth-order valence-corrected chi connectivity index (χ4v) is 4.44. The van der Waals surface area contributed by atoms with Gasteiger partial charge in [-0.05, 0) is 42.5 Å². The van der Waals surface area contributed by atoms with Crippen molar-refractivity contribution in [3.63, 3.8) is 0 Å². The van der Waals surface area contributed by atoms with Gasteiger partial charge in [-0.25, -0.2) is 4.68 Å². The molecule has 2 aromatic heterocycles. The minimum Gasteiger partial charge on any atom is -0.486 e. The highest BCUT2D eigenvalue weighted by molar-refractivity contribution is 7.09. The van der Waals surface area contributed by atoms with Gasteiger partial charge >= 0.3 is 6.18 Å². The monoisotopic (exact) mass is 491 g/mol. The number of rotatable bonds is 6. The van der Waals surface area contributed by atoms with Gasteiger partial charge < -0.3 is 14.4 Å². The van der Waals surface area contributed by atoms with Crippen molar-refractivity contribution in [2.24, 2.45) is 0 Å². The number of hydrogen-bond acceptors (Lipinski definition) is 6. The number of halogens is 3. The zero-order chi connectivity index (χ0) is 23.9. The molecule has 3 aromatic rings. The fraction of sp³-hybridized carbons (Fsp3) is 0.348. The van der Waals surface area contributed by atoms with E-state index in [0.717, 1.165) is 10.9 Å². The molecule has 1 aromatic carbocycles. The third kappa shape index (κ3) is 4.65. The molecule has 11 heteroatoms. The average molecular weight is 491 g/mol. The van der Waals surface area contributed by atoms with E-state index in [1.54, 1.807) is 18.2 Å². The third-order valence-corrected chi connectivity index (χ3v) is 6.47. The maximum Gasteiger partial charge on any atom is 0.421 e. The van der Waals surface area contributed by atoms with Crippen LogP contribution in [0.5, 0.6) is 11.5 Å². The minimum atomic E-state index is -4.83. The van der Waals surface area contributed by atoms with E-state index in [2.05, 4.69) is 5.10 Å². The van der Waals surface area contributed by atoms with Crippen LogP contribution in [0.4, 0.5) is 18.9 Å². The number of nitrogens with zero attached hydrogens (tertiary/aromatic N) is 3. The topological polar surface area (TPSA) is 73.7 Å². The Morgan fingerprint density at radius 2 is 1.91 bits per heavy atom. The number of fused-ring (bicyclic) bond motifs is 1. The van der Waals surface area contributed by atoms with Gasteiger partial charge in [-0.15, -0.1) is 11.3 Å². The first kappa shape index (κ1) is 22.5. The molecule has 1 fully saturated rings. The zero-order valence-electron chi connectivity index (χ0n) is 17.9. The largest absolute Gasteiger partial charge is 0.486 e. The van der Waals surface area contributed by atoms with E-state index in [4.69, 9.17) is 9.47 Å². The van der Waals surface area contributed by atoms with E-state index in [9.17, 15) is 22.8 Å². The fourth-order valence-electron chi connectivity index (χ4n) is 3.75. The van der Waals surface area contributed by atoms with Crippen molar-refractivity contribution >= 4 is 22.9 Å². The molecule has 0 saturated heterocycles. The van der Waals surface area contributed by atoms with Crippen molar-refractivity contribution in [2.75, 3.05) is 18.1 Å². The number of anilines is 1. The lowest BCUT2D eigenvalue weighted by molar-refractivity contribution is -0.139. The molecule has 1 aliphatic heterocycles. The number of benzene rings is 1. The van der Waals surface area contributed by atoms with Crippen molar-refractivity contribution in [1.82, 2.24) is 9.78 Å². The Morgan fingerprint density at radius 1 is 1.15 bits per heavy atom. The average Bonchev–Trinajstić information content (AvgIpc) is 3.53. The molecule has 1 saturated carbocycles. The van der Waals surface area contributed by atoms with Gasteiger partial charge in [0, 0.05) is 22.5 Å². The summed E-state index contributed by atoms with van der Waals surface area (Å²) in [6.07, 6.45) is -3.42. The Kier molecular flexibility index (Phi) is 5.80. The van der Waals surface area contributed by atoms with Crippen molar-refractivity contribution < 1.29 is 27.4 Å². The number of carbonyl (C=O) groups excluding carboxylic acids is 1. The van der Waals surface area contributed by atoms with Crippen LogP contribution in [0.15, 0.2) is 46.6 Å². The molecule has 1 amide bonds. The Balaban J connectivity index is 1.50. The lowest BCUT2D eigenvalue weighted by Crippen LogP contribution is -2.39. The van der Waals surface area contributed by atoms with Gasteiger partial charge in [0.2, 0.25) is 5.91 Å². The first-order chi connectivity index (χ1) is 16.3. The van der Waals surface area contributed by atoms with Crippen LogP contribution in [0.25, 0.3) is 0 Å². The number of aromatic nitrogens is 2. The maximum atomic E-state index is 13.5. The van der Waals surface area contributed by atoms with Crippen molar-refractivity contribution in [3.8, 4) is 11.5 Å². The molecule has 2 aliphatic rings. The van der Waals surface area contributed by atoms with Crippen molar-refractivity contribution in [1.29, 1.82) is 0 Å². The lowest BCUT2D eigenvalue weighted by atomic mass is 10.2. The van der Waals surface area contributed by atoms with Crippen LogP contribution in [-0.4, -0.2) is 28.9 Å². The van der Waals surface area contributed by atoms with Gasteiger partial charge in [-0.1, -0.05) is 6.07 Å². The molecular weight excluding hydrogens is 471 g/mol. The number of hydrogen-bond donors (Lipinski definition) is 0.